The van der Waals surface area contributed by atoms with Crippen LogP contribution in [0, 0.1) is 12.8 Å². The van der Waals surface area contributed by atoms with Crippen LogP contribution >= 0.6 is 11.3 Å². The maximum Gasteiger partial charge on any atom is 0.258 e. The second-order valence-corrected chi connectivity index (χ2v) is 6.50. The normalized spacial score (nSPS) is 17.4. The van der Waals surface area contributed by atoms with Crippen molar-refractivity contribution in [2.24, 2.45) is 5.92 Å². The first-order valence-corrected chi connectivity index (χ1v) is 7.53. The van der Waals surface area contributed by atoms with Crippen LogP contribution in [0.25, 0.3) is 4.96 Å². The molecule has 0 radical (unpaired) electrons. The molecule has 96 valence electrons. The monoisotopic (exact) mass is 262 g/mol. The Kier molecular flexibility index (Phi) is 3.20. The third-order valence-electron chi connectivity index (χ3n) is 3.76. The van der Waals surface area contributed by atoms with Crippen molar-refractivity contribution < 1.29 is 0 Å². The van der Waals surface area contributed by atoms with E-state index in [9.17, 15) is 4.79 Å². The molecular formula is C14H18N2OS. The molecule has 1 aliphatic rings. The minimum absolute atomic E-state index is 0.0650. The van der Waals surface area contributed by atoms with Crippen LogP contribution in [-0.2, 0) is 6.42 Å². The van der Waals surface area contributed by atoms with Gasteiger partial charge in [-0.3, -0.25) is 9.20 Å². The standard InChI is InChI=1S/C14H18N2OS/c1-10-9-16-13(17)8-12(15-14(16)18-10)7-11-5-3-2-4-6-11/h8-9,11H,2-7H2,1H3. The molecule has 0 unspecified atom stereocenters. The van der Waals surface area contributed by atoms with E-state index < -0.39 is 0 Å². The Balaban J connectivity index is 1.89. The second-order valence-electron chi connectivity index (χ2n) is 5.29. The quantitative estimate of drug-likeness (QED) is 0.833. The second kappa shape index (κ2) is 4.84. The average molecular weight is 262 g/mol. The molecular weight excluding hydrogens is 244 g/mol. The fourth-order valence-electron chi connectivity index (χ4n) is 2.85. The maximum absolute atomic E-state index is 12.0. The molecule has 3 rings (SSSR count). The molecule has 1 aliphatic carbocycles. The zero-order valence-corrected chi connectivity index (χ0v) is 11.5. The van der Waals surface area contributed by atoms with Crippen LogP contribution in [0.15, 0.2) is 17.1 Å². The number of hydrogen-bond acceptors (Lipinski definition) is 3. The number of fused-ring (bicyclic) bond motifs is 1. The number of hydrogen-bond donors (Lipinski definition) is 0. The van der Waals surface area contributed by atoms with Gasteiger partial charge in [-0.15, -0.1) is 11.3 Å². The summed E-state index contributed by atoms with van der Waals surface area (Å²) in [6.45, 7) is 2.01. The molecule has 18 heavy (non-hydrogen) atoms. The van der Waals surface area contributed by atoms with E-state index in [2.05, 4.69) is 4.98 Å². The molecule has 4 heteroatoms. The van der Waals surface area contributed by atoms with Crippen LogP contribution in [0.2, 0.25) is 0 Å². The first-order valence-electron chi connectivity index (χ1n) is 6.71. The number of nitrogens with zero attached hydrogens (tertiary/aromatic N) is 2. The van der Waals surface area contributed by atoms with Crippen LogP contribution in [0.1, 0.15) is 42.7 Å². The summed E-state index contributed by atoms with van der Waals surface area (Å²) in [7, 11) is 0. The van der Waals surface area contributed by atoms with E-state index in [1.54, 1.807) is 21.8 Å². The highest BCUT2D eigenvalue weighted by atomic mass is 32.1. The molecule has 0 aromatic carbocycles. The Labute approximate surface area is 110 Å². The fraction of sp³-hybridized carbons (Fsp3) is 0.571. The van der Waals surface area contributed by atoms with E-state index >= 15 is 0 Å². The van der Waals surface area contributed by atoms with Gasteiger partial charge in [-0.1, -0.05) is 32.1 Å². The Morgan fingerprint density at radius 3 is 2.94 bits per heavy atom. The molecule has 2 heterocycles. The molecule has 2 aromatic rings. The topological polar surface area (TPSA) is 34.4 Å². The summed E-state index contributed by atoms with van der Waals surface area (Å²) in [6, 6.07) is 1.72. The molecule has 0 spiro atoms. The van der Waals surface area contributed by atoms with Crippen LogP contribution < -0.4 is 5.56 Å². The lowest BCUT2D eigenvalue weighted by molar-refractivity contribution is 0.354. The van der Waals surface area contributed by atoms with Crippen molar-refractivity contribution in [2.45, 2.75) is 45.4 Å². The molecule has 0 aliphatic heterocycles. The third-order valence-corrected chi connectivity index (χ3v) is 4.66. The van der Waals surface area contributed by atoms with Crippen LogP contribution in [0.3, 0.4) is 0 Å². The van der Waals surface area contributed by atoms with Gasteiger partial charge in [0.15, 0.2) is 4.96 Å². The number of thiazole rings is 1. The van der Waals surface area contributed by atoms with E-state index in [0.29, 0.717) is 0 Å². The van der Waals surface area contributed by atoms with Gasteiger partial charge in [0.25, 0.3) is 5.56 Å². The first kappa shape index (κ1) is 11.9. The summed E-state index contributed by atoms with van der Waals surface area (Å²) in [4.78, 5) is 18.6. The first-order chi connectivity index (χ1) is 8.72. The molecule has 0 N–H and O–H groups in total. The molecule has 0 saturated heterocycles. The van der Waals surface area contributed by atoms with Crippen LogP contribution in [0.5, 0.6) is 0 Å². The Hall–Kier alpha value is -1.16. The van der Waals surface area contributed by atoms with Crippen molar-refractivity contribution >= 4 is 16.3 Å². The Morgan fingerprint density at radius 2 is 2.17 bits per heavy atom. The van der Waals surface area contributed by atoms with Gasteiger partial charge in [-0.25, -0.2) is 4.98 Å². The molecule has 0 amide bonds. The number of aromatic nitrogens is 2. The van der Waals surface area contributed by atoms with Crippen molar-refractivity contribution in [2.75, 3.05) is 0 Å². The Bertz CT molecular complexity index is 608. The van der Waals surface area contributed by atoms with Crippen molar-refractivity contribution in [3.8, 4) is 0 Å². The third kappa shape index (κ3) is 2.34. The van der Waals surface area contributed by atoms with Gasteiger partial charge in [-0.05, 0) is 19.3 Å². The van der Waals surface area contributed by atoms with E-state index in [4.69, 9.17) is 0 Å². The van der Waals surface area contributed by atoms with Crippen molar-refractivity contribution in [1.82, 2.24) is 9.38 Å². The zero-order chi connectivity index (χ0) is 12.5. The predicted molar refractivity (Wildman–Crippen MR) is 74.4 cm³/mol. The van der Waals surface area contributed by atoms with E-state index in [-0.39, 0.29) is 5.56 Å². The van der Waals surface area contributed by atoms with Gasteiger partial charge >= 0.3 is 0 Å². The molecule has 0 atom stereocenters. The van der Waals surface area contributed by atoms with E-state index in [1.807, 2.05) is 13.1 Å². The van der Waals surface area contributed by atoms with Gasteiger partial charge in [0, 0.05) is 22.8 Å². The molecule has 0 bridgehead atoms. The van der Waals surface area contributed by atoms with Crippen LogP contribution in [0.4, 0.5) is 0 Å². The van der Waals surface area contributed by atoms with E-state index in [0.717, 1.165) is 27.9 Å². The summed E-state index contributed by atoms with van der Waals surface area (Å²) in [5.41, 5.74) is 1.05. The SMILES string of the molecule is Cc1cn2c(=O)cc(CC3CCCCC3)nc2s1. The highest BCUT2D eigenvalue weighted by Gasteiger charge is 2.15. The van der Waals surface area contributed by atoms with Gasteiger partial charge in [-0.2, -0.15) is 0 Å². The van der Waals surface area contributed by atoms with Gasteiger partial charge in [0.2, 0.25) is 0 Å². The minimum Gasteiger partial charge on any atom is -0.269 e. The summed E-state index contributed by atoms with van der Waals surface area (Å²) >= 11 is 1.59. The summed E-state index contributed by atoms with van der Waals surface area (Å²) in [5, 5.41) is 0. The minimum atomic E-state index is 0.0650. The molecule has 1 fully saturated rings. The largest absolute Gasteiger partial charge is 0.269 e. The lowest BCUT2D eigenvalue weighted by atomic mass is 9.86. The highest BCUT2D eigenvalue weighted by molar-refractivity contribution is 7.16. The summed E-state index contributed by atoms with van der Waals surface area (Å²) < 4.78 is 1.66. The molecule has 2 aromatic heterocycles. The lowest BCUT2D eigenvalue weighted by Crippen LogP contribution is -2.16. The zero-order valence-electron chi connectivity index (χ0n) is 10.7. The van der Waals surface area contributed by atoms with Crippen molar-refractivity contribution in [3.05, 3.63) is 33.2 Å². The highest BCUT2D eigenvalue weighted by Crippen LogP contribution is 2.26. The van der Waals surface area contributed by atoms with Crippen LogP contribution in [-0.4, -0.2) is 9.38 Å². The summed E-state index contributed by atoms with van der Waals surface area (Å²) in [5.74, 6) is 0.731. The smallest absolute Gasteiger partial charge is 0.258 e. The molecule has 3 nitrogen and oxygen atoms in total. The maximum atomic E-state index is 12.0. The number of rotatable bonds is 2. The van der Waals surface area contributed by atoms with E-state index in [1.165, 1.54) is 32.1 Å². The average Bonchev–Trinajstić information content (AvgIpc) is 2.72. The molecule has 1 saturated carbocycles. The number of aryl methyl sites for hydroxylation is 1. The lowest BCUT2D eigenvalue weighted by Gasteiger charge is -2.20. The van der Waals surface area contributed by atoms with Gasteiger partial charge < -0.3 is 0 Å². The van der Waals surface area contributed by atoms with Gasteiger partial charge in [0.1, 0.15) is 0 Å². The predicted octanol–water partition coefficient (Wildman–Crippen LogP) is 3.19. The summed E-state index contributed by atoms with van der Waals surface area (Å²) in [6.07, 6.45) is 9.49. The fourth-order valence-corrected chi connectivity index (χ4v) is 3.70. The van der Waals surface area contributed by atoms with Crippen molar-refractivity contribution in [3.63, 3.8) is 0 Å². The van der Waals surface area contributed by atoms with Gasteiger partial charge in [0.05, 0.1) is 0 Å². The van der Waals surface area contributed by atoms with Crippen molar-refractivity contribution in [1.29, 1.82) is 0 Å². The Morgan fingerprint density at radius 1 is 1.39 bits per heavy atom.